The highest BCUT2D eigenvalue weighted by Crippen LogP contribution is 2.30. The number of hydrogen-bond acceptors (Lipinski definition) is 3. The summed E-state index contributed by atoms with van der Waals surface area (Å²) in [6.07, 6.45) is 6.27. The molecule has 0 aromatic carbocycles. The van der Waals surface area contributed by atoms with Crippen LogP contribution in [0, 0.1) is 0 Å². The van der Waals surface area contributed by atoms with E-state index in [9.17, 15) is 4.79 Å². The summed E-state index contributed by atoms with van der Waals surface area (Å²) < 4.78 is 0. The van der Waals surface area contributed by atoms with Gasteiger partial charge in [0.25, 0.3) is 0 Å². The molecule has 4 nitrogen and oxygen atoms in total. The molecule has 0 bridgehead atoms. The van der Waals surface area contributed by atoms with Gasteiger partial charge in [-0.15, -0.1) is 0 Å². The fourth-order valence-electron chi connectivity index (χ4n) is 2.92. The molecule has 4 heteroatoms. The molecule has 1 heterocycles. The Labute approximate surface area is 91.0 Å². The second-order valence-electron chi connectivity index (χ2n) is 5.01. The van der Waals surface area contributed by atoms with Gasteiger partial charge in [-0.3, -0.25) is 4.79 Å². The lowest BCUT2D eigenvalue weighted by Crippen LogP contribution is -2.58. The van der Waals surface area contributed by atoms with Crippen molar-refractivity contribution in [1.82, 2.24) is 4.90 Å². The van der Waals surface area contributed by atoms with Gasteiger partial charge >= 0.3 is 0 Å². The van der Waals surface area contributed by atoms with Gasteiger partial charge in [-0.05, 0) is 51.6 Å². The van der Waals surface area contributed by atoms with Gasteiger partial charge in [0, 0.05) is 6.04 Å². The largest absolute Gasteiger partial charge is 0.368 e. The molecule has 0 aromatic rings. The van der Waals surface area contributed by atoms with Crippen molar-refractivity contribution in [3.8, 4) is 0 Å². The lowest BCUT2D eigenvalue weighted by molar-refractivity contribution is -0.125. The molecule has 1 saturated carbocycles. The van der Waals surface area contributed by atoms with Crippen LogP contribution in [-0.4, -0.2) is 35.5 Å². The standard InChI is InChI=1S/C11H21N3O/c12-10(15)11(13)5-3-4-9(8-11)14-6-1-2-7-14/h9H,1-8,13H2,(H2,12,15). The monoisotopic (exact) mass is 211 g/mol. The Morgan fingerprint density at radius 3 is 2.53 bits per heavy atom. The maximum Gasteiger partial charge on any atom is 0.237 e. The van der Waals surface area contributed by atoms with E-state index in [-0.39, 0.29) is 5.91 Å². The Morgan fingerprint density at radius 2 is 1.93 bits per heavy atom. The van der Waals surface area contributed by atoms with Gasteiger partial charge in [-0.2, -0.15) is 0 Å². The first kappa shape index (κ1) is 10.9. The van der Waals surface area contributed by atoms with Crippen molar-refractivity contribution in [2.24, 2.45) is 11.5 Å². The van der Waals surface area contributed by atoms with Crippen LogP contribution in [0.4, 0.5) is 0 Å². The molecule has 2 aliphatic rings. The molecule has 2 unspecified atom stereocenters. The normalized spacial score (nSPS) is 38.1. The molecule has 1 aliphatic heterocycles. The van der Waals surface area contributed by atoms with Gasteiger partial charge in [0.05, 0.1) is 5.54 Å². The van der Waals surface area contributed by atoms with Crippen LogP contribution in [-0.2, 0) is 4.79 Å². The summed E-state index contributed by atoms with van der Waals surface area (Å²) in [6.45, 7) is 2.33. The van der Waals surface area contributed by atoms with Crippen molar-refractivity contribution in [2.75, 3.05) is 13.1 Å². The average molecular weight is 211 g/mol. The number of primary amides is 1. The van der Waals surface area contributed by atoms with Crippen LogP contribution < -0.4 is 11.5 Å². The van der Waals surface area contributed by atoms with Crippen LogP contribution in [0.15, 0.2) is 0 Å². The summed E-state index contributed by atoms with van der Waals surface area (Å²) in [5.41, 5.74) is 10.7. The van der Waals surface area contributed by atoms with Crippen LogP contribution >= 0.6 is 0 Å². The summed E-state index contributed by atoms with van der Waals surface area (Å²) in [5.74, 6) is -0.327. The van der Waals surface area contributed by atoms with Crippen molar-refractivity contribution in [3.63, 3.8) is 0 Å². The number of likely N-dealkylation sites (tertiary alicyclic amines) is 1. The van der Waals surface area contributed by atoms with Gasteiger partial charge in [0.2, 0.25) is 5.91 Å². The summed E-state index contributed by atoms with van der Waals surface area (Å²) in [7, 11) is 0. The maximum absolute atomic E-state index is 11.3. The highest BCUT2D eigenvalue weighted by molar-refractivity contribution is 5.84. The second kappa shape index (κ2) is 4.10. The molecule has 15 heavy (non-hydrogen) atoms. The molecule has 0 radical (unpaired) electrons. The zero-order chi connectivity index (χ0) is 10.9. The Morgan fingerprint density at radius 1 is 1.27 bits per heavy atom. The summed E-state index contributed by atoms with van der Waals surface area (Å²) in [6, 6.07) is 0.485. The fraction of sp³-hybridized carbons (Fsp3) is 0.909. The van der Waals surface area contributed by atoms with Crippen molar-refractivity contribution < 1.29 is 4.79 Å². The number of amides is 1. The van der Waals surface area contributed by atoms with Crippen LogP contribution in [0.2, 0.25) is 0 Å². The number of rotatable bonds is 2. The smallest absolute Gasteiger partial charge is 0.237 e. The van der Waals surface area contributed by atoms with Gasteiger partial charge in [0.1, 0.15) is 0 Å². The Hall–Kier alpha value is -0.610. The number of carbonyl (C=O) groups is 1. The Kier molecular flexibility index (Phi) is 2.98. The first-order valence-electron chi connectivity index (χ1n) is 5.95. The third-order valence-electron chi connectivity index (χ3n) is 3.91. The van der Waals surface area contributed by atoms with Gasteiger partial charge < -0.3 is 16.4 Å². The lowest BCUT2D eigenvalue weighted by atomic mass is 9.78. The van der Waals surface area contributed by atoms with Crippen molar-refractivity contribution in [3.05, 3.63) is 0 Å². The quantitative estimate of drug-likeness (QED) is 0.685. The minimum absolute atomic E-state index is 0.327. The van der Waals surface area contributed by atoms with E-state index in [1.807, 2.05) is 0 Å². The molecular weight excluding hydrogens is 190 g/mol. The minimum Gasteiger partial charge on any atom is -0.368 e. The first-order chi connectivity index (χ1) is 7.12. The van der Waals surface area contributed by atoms with E-state index in [1.54, 1.807) is 0 Å². The van der Waals surface area contributed by atoms with E-state index in [2.05, 4.69) is 4.90 Å². The third-order valence-corrected chi connectivity index (χ3v) is 3.91. The first-order valence-corrected chi connectivity index (χ1v) is 5.95. The zero-order valence-corrected chi connectivity index (χ0v) is 9.24. The minimum atomic E-state index is -0.745. The van der Waals surface area contributed by atoms with Gasteiger partial charge in [0.15, 0.2) is 0 Å². The Balaban J connectivity index is 2.00. The van der Waals surface area contributed by atoms with E-state index in [0.717, 1.165) is 19.3 Å². The molecule has 0 aromatic heterocycles. The summed E-state index contributed by atoms with van der Waals surface area (Å²) >= 11 is 0. The molecule has 2 atom stereocenters. The predicted molar refractivity (Wildman–Crippen MR) is 59.2 cm³/mol. The number of carbonyl (C=O) groups excluding carboxylic acids is 1. The summed E-state index contributed by atoms with van der Waals surface area (Å²) in [5, 5.41) is 0. The predicted octanol–water partition coefficient (Wildman–Crippen LogP) is 0.208. The van der Waals surface area contributed by atoms with Crippen LogP contribution in [0.1, 0.15) is 38.5 Å². The second-order valence-corrected chi connectivity index (χ2v) is 5.01. The van der Waals surface area contributed by atoms with E-state index in [1.165, 1.54) is 32.4 Å². The van der Waals surface area contributed by atoms with Crippen LogP contribution in [0.3, 0.4) is 0 Å². The summed E-state index contributed by atoms with van der Waals surface area (Å²) in [4.78, 5) is 13.8. The van der Waals surface area contributed by atoms with E-state index in [4.69, 9.17) is 11.5 Å². The topological polar surface area (TPSA) is 72.3 Å². The third kappa shape index (κ3) is 2.16. The molecule has 0 spiro atoms. The number of nitrogens with zero attached hydrogens (tertiary/aromatic N) is 1. The molecule has 1 saturated heterocycles. The van der Waals surface area contributed by atoms with E-state index in [0.29, 0.717) is 6.04 Å². The van der Waals surface area contributed by atoms with Gasteiger partial charge in [-0.25, -0.2) is 0 Å². The van der Waals surface area contributed by atoms with Crippen LogP contribution in [0.5, 0.6) is 0 Å². The van der Waals surface area contributed by atoms with Crippen molar-refractivity contribution in [1.29, 1.82) is 0 Å². The molecule has 1 amide bonds. The number of hydrogen-bond donors (Lipinski definition) is 2. The van der Waals surface area contributed by atoms with Gasteiger partial charge in [-0.1, -0.05) is 0 Å². The molecular formula is C11H21N3O. The highest BCUT2D eigenvalue weighted by atomic mass is 16.1. The maximum atomic E-state index is 11.3. The van der Waals surface area contributed by atoms with Crippen LogP contribution in [0.25, 0.3) is 0 Å². The average Bonchev–Trinajstić information content (AvgIpc) is 2.70. The molecule has 86 valence electrons. The Bertz CT molecular complexity index is 250. The highest BCUT2D eigenvalue weighted by Gasteiger charge is 2.39. The SMILES string of the molecule is NC(=O)C1(N)CCCC(N2CCCC2)C1. The van der Waals surface area contributed by atoms with Crippen molar-refractivity contribution >= 4 is 5.91 Å². The molecule has 2 rings (SSSR count). The fourth-order valence-corrected chi connectivity index (χ4v) is 2.92. The van der Waals surface area contributed by atoms with E-state index >= 15 is 0 Å². The number of nitrogens with two attached hydrogens (primary N) is 2. The molecule has 1 aliphatic carbocycles. The molecule has 4 N–H and O–H groups in total. The zero-order valence-electron chi connectivity index (χ0n) is 9.24. The molecule has 2 fully saturated rings. The van der Waals surface area contributed by atoms with E-state index < -0.39 is 5.54 Å². The lowest BCUT2D eigenvalue weighted by Gasteiger charge is -2.39. The van der Waals surface area contributed by atoms with Crippen molar-refractivity contribution in [2.45, 2.75) is 50.1 Å².